The van der Waals surface area contributed by atoms with Crippen molar-refractivity contribution in [2.24, 2.45) is 11.3 Å². The van der Waals surface area contributed by atoms with Crippen LogP contribution in [0.5, 0.6) is 0 Å². The number of rotatable bonds is 8. The molecule has 2 nitrogen and oxygen atoms in total. The lowest BCUT2D eigenvalue weighted by molar-refractivity contribution is -0.314. The van der Waals surface area contributed by atoms with Crippen LogP contribution in [0.15, 0.2) is 0 Å². The number of hydrogen-bond donors (Lipinski definition) is 0. The second-order valence-electron chi connectivity index (χ2n) is 6.49. The molecule has 1 atom stereocenters. The van der Waals surface area contributed by atoms with Crippen molar-refractivity contribution < 1.29 is 35.9 Å². The van der Waals surface area contributed by atoms with Gasteiger partial charge in [-0.15, -0.1) is 0 Å². The molecule has 0 heterocycles. The minimum atomic E-state index is -5.68. The Morgan fingerprint density at radius 2 is 1.58 bits per heavy atom. The second kappa shape index (κ2) is 9.72. The highest BCUT2D eigenvalue weighted by Crippen LogP contribution is 2.36. The van der Waals surface area contributed by atoms with Crippen molar-refractivity contribution in [1.29, 1.82) is 0 Å². The number of carbonyl (C=O) groups excluding carboxylic acids is 1. The maximum absolute atomic E-state index is 12.4. The van der Waals surface area contributed by atoms with Crippen molar-refractivity contribution in [2.75, 3.05) is 15.9 Å². The average molecular weight is 494 g/mol. The van der Waals surface area contributed by atoms with E-state index in [1.54, 1.807) is 22.6 Å². The summed E-state index contributed by atoms with van der Waals surface area (Å²) >= 11 is 3.08. The van der Waals surface area contributed by atoms with E-state index >= 15 is 0 Å². The Kier molecular flexibility index (Phi) is 9.78. The van der Waals surface area contributed by atoms with Gasteiger partial charge in [-0.05, 0) is 24.0 Å². The summed E-state index contributed by atoms with van der Waals surface area (Å²) in [5, 5.41) is 0. The van der Waals surface area contributed by atoms with Crippen LogP contribution in [0.25, 0.3) is 0 Å². The van der Waals surface area contributed by atoms with Crippen LogP contribution in [0.3, 0.4) is 0 Å². The normalized spacial score (nSPS) is 14.8. The first-order valence-corrected chi connectivity index (χ1v) is 9.84. The molecular weight excluding hydrogens is 473 g/mol. The van der Waals surface area contributed by atoms with Crippen LogP contribution in [0.2, 0.25) is 0 Å². The smallest absolute Gasteiger partial charge is 0.434 e. The molecule has 0 aromatic heterocycles. The van der Waals surface area contributed by atoms with Crippen molar-refractivity contribution in [1.82, 2.24) is 0 Å². The lowest BCUT2D eigenvalue weighted by Crippen LogP contribution is -2.46. The van der Waals surface area contributed by atoms with Crippen molar-refractivity contribution in [3.05, 3.63) is 0 Å². The molecule has 0 aromatic carbocycles. The fraction of sp³-hybridized carbons (Fsp3) is 0.929. The third-order valence-electron chi connectivity index (χ3n) is 2.88. The Balaban J connectivity index is 4.53. The first-order chi connectivity index (χ1) is 10.7. The van der Waals surface area contributed by atoms with Crippen LogP contribution in [0, 0.1) is 11.3 Å². The van der Waals surface area contributed by atoms with Crippen LogP contribution in [-0.4, -0.2) is 40.4 Å². The number of hydrogen-bond acceptors (Lipinski definition) is 3. The van der Waals surface area contributed by atoms with Crippen molar-refractivity contribution >= 4 is 40.3 Å². The SMILES string of the molecule is CC(C)(C)CCCSCC(CI)C(=O)OC(C(F)(F)F)C(F)(F)F. The van der Waals surface area contributed by atoms with Gasteiger partial charge in [0.05, 0.1) is 5.92 Å². The summed E-state index contributed by atoms with van der Waals surface area (Å²) in [6.45, 7) is 6.20. The van der Waals surface area contributed by atoms with Crippen LogP contribution in [0.1, 0.15) is 33.6 Å². The molecule has 0 fully saturated rings. The van der Waals surface area contributed by atoms with Crippen LogP contribution in [-0.2, 0) is 9.53 Å². The Morgan fingerprint density at radius 3 is 1.96 bits per heavy atom. The van der Waals surface area contributed by atoms with Gasteiger partial charge in [-0.1, -0.05) is 43.4 Å². The van der Waals surface area contributed by atoms with E-state index in [0.29, 0.717) is 5.75 Å². The monoisotopic (exact) mass is 494 g/mol. The zero-order valence-electron chi connectivity index (χ0n) is 13.6. The molecule has 0 spiro atoms. The fourth-order valence-corrected chi connectivity index (χ4v) is 3.78. The number of halogens is 7. The van der Waals surface area contributed by atoms with Gasteiger partial charge in [0, 0.05) is 10.2 Å². The molecule has 0 N–H and O–H groups in total. The van der Waals surface area contributed by atoms with E-state index < -0.39 is 30.3 Å². The second-order valence-corrected chi connectivity index (χ2v) is 8.52. The van der Waals surface area contributed by atoms with Gasteiger partial charge in [-0.25, -0.2) is 0 Å². The number of alkyl halides is 7. The Labute approximate surface area is 155 Å². The molecular formula is C14H21F6IO2S. The predicted molar refractivity (Wildman–Crippen MR) is 90.4 cm³/mol. The third-order valence-corrected chi connectivity index (χ3v) is 5.16. The standard InChI is InChI=1S/C14H21F6IO2S/c1-12(2,3)5-4-6-24-8-9(7-21)10(22)23-11(13(15,16)17)14(18,19)20/h9,11H,4-8H2,1-3H3. The van der Waals surface area contributed by atoms with Crippen molar-refractivity contribution in [3.63, 3.8) is 0 Å². The number of ether oxygens (including phenoxy) is 1. The summed E-state index contributed by atoms with van der Waals surface area (Å²) in [5.74, 6) is -1.65. The summed E-state index contributed by atoms with van der Waals surface area (Å²) in [6.07, 6.45) is -13.6. The first kappa shape index (κ1) is 24.1. The molecule has 10 heteroatoms. The maximum Gasteiger partial charge on any atom is 0.434 e. The minimum absolute atomic E-state index is 0.0886. The van der Waals surface area contributed by atoms with Gasteiger partial charge in [0.1, 0.15) is 0 Å². The summed E-state index contributed by atoms with van der Waals surface area (Å²) in [7, 11) is 0. The van der Waals surface area contributed by atoms with E-state index in [4.69, 9.17) is 0 Å². The summed E-state index contributed by atoms with van der Waals surface area (Å²) in [6, 6.07) is 0. The van der Waals surface area contributed by atoms with Gasteiger partial charge in [-0.3, -0.25) is 4.79 Å². The van der Waals surface area contributed by atoms with Gasteiger partial charge >= 0.3 is 18.3 Å². The quantitative estimate of drug-likeness (QED) is 0.144. The topological polar surface area (TPSA) is 26.3 Å². The molecule has 0 aliphatic carbocycles. The molecule has 0 aromatic rings. The molecule has 0 saturated heterocycles. The fourth-order valence-electron chi connectivity index (χ4n) is 1.64. The summed E-state index contributed by atoms with van der Waals surface area (Å²) < 4.78 is 78.2. The molecule has 24 heavy (non-hydrogen) atoms. The largest absolute Gasteiger partial charge is 0.442 e. The number of thioether (sulfide) groups is 1. The molecule has 0 aliphatic heterocycles. The molecule has 0 radical (unpaired) electrons. The molecule has 0 amide bonds. The van der Waals surface area contributed by atoms with Crippen LogP contribution in [0.4, 0.5) is 26.3 Å². The van der Waals surface area contributed by atoms with Crippen molar-refractivity contribution in [3.8, 4) is 0 Å². The van der Waals surface area contributed by atoms with Gasteiger partial charge < -0.3 is 4.74 Å². The summed E-state index contributed by atoms with van der Waals surface area (Å²) in [4.78, 5) is 11.7. The number of esters is 1. The molecule has 1 unspecified atom stereocenters. The van der Waals surface area contributed by atoms with E-state index in [1.165, 1.54) is 11.8 Å². The highest BCUT2D eigenvalue weighted by Gasteiger charge is 2.60. The average Bonchev–Trinajstić information content (AvgIpc) is 2.36. The van der Waals surface area contributed by atoms with Gasteiger partial charge in [-0.2, -0.15) is 38.1 Å². The zero-order valence-corrected chi connectivity index (χ0v) is 16.5. The Hall–Kier alpha value is 0.130. The highest BCUT2D eigenvalue weighted by atomic mass is 127. The van der Waals surface area contributed by atoms with E-state index in [9.17, 15) is 31.1 Å². The predicted octanol–water partition coefficient (Wildman–Crippen LogP) is 5.63. The lowest BCUT2D eigenvalue weighted by atomic mass is 9.91. The minimum Gasteiger partial charge on any atom is -0.442 e. The Bertz CT molecular complexity index is 378. The van der Waals surface area contributed by atoms with E-state index in [1.807, 2.05) is 0 Å². The van der Waals surface area contributed by atoms with Crippen LogP contribution < -0.4 is 0 Å². The van der Waals surface area contributed by atoms with E-state index in [0.717, 1.165) is 12.8 Å². The molecule has 0 rings (SSSR count). The van der Waals surface area contributed by atoms with Crippen LogP contribution >= 0.6 is 34.4 Å². The molecule has 0 aliphatic rings. The molecule has 0 bridgehead atoms. The van der Waals surface area contributed by atoms with E-state index in [2.05, 4.69) is 25.5 Å². The Morgan fingerprint density at radius 1 is 1.08 bits per heavy atom. The maximum atomic E-state index is 12.4. The van der Waals surface area contributed by atoms with Gasteiger partial charge in [0.25, 0.3) is 6.10 Å². The van der Waals surface area contributed by atoms with Crippen molar-refractivity contribution in [2.45, 2.75) is 52.1 Å². The highest BCUT2D eigenvalue weighted by molar-refractivity contribution is 14.1. The van der Waals surface area contributed by atoms with Gasteiger partial charge in [0.15, 0.2) is 0 Å². The first-order valence-electron chi connectivity index (χ1n) is 7.16. The zero-order chi connectivity index (χ0) is 19.2. The third kappa shape index (κ3) is 10.2. The van der Waals surface area contributed by atoms with E-state index in [-0.39, 0.29) is 15.6 Å². The molecule has 144 valence electrons. The van der Waals surface area contributed by atoms with Gasteiger partial charge in [0.2, 0.25) is 0 Å². The number of carbonyl (C=O) groups is 1. The molecule has 0 saturated carbocycles. The lowest BCUT2D eigenvalue weighted by Gasteiger charge is -2.24. The summed E-state index contributed by atoms with van der Waals surface area (Å²) in [5.41, 5.74) is 0.148.